The lowest BCUT2D eigenvalue weighted by Crippen LogP contribution is -2.46. The number of halogens is 2. The fourth-order valence-corrected chi connectivity index (χ4v) is 4.76. The van der Waals surface area contributed by atoms with Crippen LogP contribution in [0.4, 0.5) is 0 Å². The minimum Gasteiger partial charge on any atom is -0.337 e. The van der Waals surface area contributed by atoms with E-state index in [0.717, 1.165) is 37.5 Å². The van der Waals surface area contributed by atoms with Crippen LogP contribution in [0, 0.1) is 5.92 Å². The van der Waals surface area contributed by atoms with E-state index in [1.54, 1.807) is 11.3 Å². The van der Waals surface area contributed by atoms with Crippen molar-refractivity contribution in [1.29, 1.82) is 0 Å². The van der Waals surface area contributed by atoms with E-state index in [1.165, 1.54) is 32.2 Å². The van der Waals surface area contributed by atoms with E-state index in [9.17, 15) is 4.79 Å². The van der Waals surface area contributed by atoms with E-state index in [-0.39, 0.29) is 30.7 Å². The molecule has 3 rings (SSSR count). The van der Waals surface area contributed by atoms with E-state index in [4.69, 9.17) is 5.73 Å². The normalized spacial score (nSPS) is 23.8. The Balaban J connectivity index is 0.00000169. The molecule has 2 aliphatic heterocycles. The molecule has 0 saturated carbocycles. The maximum absolute atomic E-state index is 12.7. The number of piperidine rings is 2. The Hall–Kier alpha value is -0.400. The molecule has 2 aliphatic rings. The maximum Gasteiger partial charge on any atom is 0.273 e. The summed E-state index contributed by atoms with van der Waals surface area (Å²) in [5.41, 5.74) is 6.18. The van der Waals surface area contributed by atoms with E-state index in [0.29, 0.717) is 24.2 Å². The number of likely N-dealkylation sites (tertiary alicyclic amines) is 2. The van der Waals surface area contributed by atoms with Crippen LogP contribution in [-0.2, 0) is 6.42 Å². The van der Waals surface area contributed by atoms with Gasteiger partial charge in [-0.05, 0) is 51.6 Å². The van der Waals surface area contributed by atoms with Crippen molar-refractivity contribution >= 4 is 42.1 Å². The molecule has 0 radical (unpaired) electrons. The van der Waals surface area contributed by atoms with Crippen LogP contribution in [0.5, 0.6) is 0 Å². The van der Waals surface area contributed by atoms with Gasteiger partial charge in [0.15, 0.2) is 0 Å². The first kappa shape index (κ1) is 23.6. The van der Waals surface area contributed by atoms with Crippen molar-refractivity contribution in [2.75, 3.05) is 32.7 Å². The monoisotopic (exact) mass is 422 g/mol. The summed E-state index contributed by atoms with van der Waals surface area (Å²) in [7, 11) is 0. The molecule has 3 heterocycles. The average Bonchev–Trinajstić information content (AvgIpc) is 3.06. The van der Waals surface area contributed by atoms with Crippen molar-refractivity contribution in [3.8, 4) is 0 Å². The Kier molecular flexibility index (Phi) is 10.4. The number of aromatic nitrogens is 1. The lowest BCUT2D eigenvalue weighted by Gasteiger charge is -2.39. The summed E-state index contributed by atoms with van der Waals surface area (Å²) >= 11 is 1.55. The second kappa shape index (κ2) is 11.4. The van der Waals surface area contributed by atoms with Gasteiger partial charge in [-0.25, -0.2) is 4.98 Å². The van der Waals surface area contributed by atoms with Crippen molar-refractivity contribution in [2.45, 2.75) is 51.5 Å². The smallest absolute Gasteiger partial charge is 0.273 e. The minimum absolute atomic E-state index is 0. The van der Waals surface area contributed by atoms with Crippen molar-refractivity contribution in [1.82, 2.24) is 14.8 Å². The van der Waals surface area contributed by atoms with Gasteiger partial charge in [-0.2, -0.15) is 0 Å². The zero-order chi connectivity index (χ0) is 16.9. The van der Waals surface area contributed by atoms with Gasteiger partial charge in [0.25, 0.3) is 5.91 Å². The molecule has 2 fully saturated rings. The summed E-state index contributed by atoms with van der Waals surface area (Å²) < 4.78 is 0. The SMILES string of the molecule is CC1CCCCN1CC1CCCN(C(=O)c2csc(CCN)n2)C1.Cl.Cl. The quantitative estimate of drug-likeness (QED) is 0.790. The molecule has 2 saturated heterocycles. The molecule has 0 aliphatic carbocycles. The maximum atomic E-state index is 12.7. The van der Waals surface area contributed by atoms with Crippen molar-refractivity contribution in [2.24, 2.45) is 11.7 Å². The number of thiazole rings is 1. The molecule has 1 aromatic heterocycles. The van der Waals surface area contributed by atoms with E-state index in [2.05, 4.69) is 16.8 Å². The van der Waals surface area contributed by atoms with Gasteiger partial charge in [0.05, 0.1) is 5.01 Å². The highest BCUT2D eigenvalue weighted by Crippen LogP contribution is 2.24. The van der Waals surface area contributed by atoms with Gasteiger partial charge in [-0.3, -0.25) is 4.79 Å². The number of hydrogen-bond donors (Lipinski definition) is 1. The number of carbonyl (C=O) groups is 1. The Labute approximate surface area is 173 Å². The predicted molar refractivity (Wildman–Crippen MR) is 113 cm³/mol. The molecule has 5 nitrogen and oxygen atoms in total. The van der Waals surface area contributed by atoms with Gasteiger partial charge in [0.2, 0.25) is 0 Å². The zero-order valence-corrected chi connectivity index (χ0v) is 18.0. The largest absolute Gasteiger partial charge is 0.337 e. The summed E-state index contributed by atoms with van der Waals surface area (Å²) in [4.78, 5) is 21.9. The number of amides is 1. The first-order valence-corrected chi connectivity index (χ1v) is 10.2. The average molecular weight is 423 g/mol. The van der Waals surface area contributed by atoms with Crippen LogP contribution in [0.25, 0.3) is 0 Å². The molecule has 26 heavy (non-hydrogen) atoms. The number of nitrogens with two attached hydrogens (primary N) is 1. The summed E-state index contributed by atoms with van der Waals surface area (Å²) in [6.45, 7) is 7.04. The molecule has 1 aromatic rings. The predicted octanol–water partition coefficient (Wildman–Crippen LogP) is 3.21. The summed E-state index contributed by atoms with van der Waals surface area (Å²) in [6.07, 6.45) is 7.11. The number of carbonyl (C=O) groups excluding carboxylic acids is 1. The second-order valence-electron chi connectivity index (χ2n) is 7.26. The molecule has 0 aromatic carbocycles. The third-order valence-corrected chi connectivity index (χ3v) is 6.28. The third kappa shape index (κ3) is 6.06. The van der Waals surface area contributed by atoms with Gasteiger partial charge in [-0.15, -0.1) is 36.2 Å². The van der Waals surface area contributed by atoms with Crippen LogP contribution in [0.2, 0.25) is 0 Å². The molecule has 1 amide bonds. The molecular weight excluding hydrogens is 391 g/mol. The first-order valence-electron chi connectivity index (χ1n) is 9.35. The van der Waals surface area contributed by atoms with Crippen LogP contribution >= 0.6 is 36.2 Å². The Morgan fingerprint density at radius 2 is 2.08 bits per heavy atom. The first-order chi connectivity index (χ1) is 11.7. The van der Waals surface area contributed by atoms with Crippen LogP contribution < -0.4 is 5.73 Å². The molecule has 8 heteroatoms. The summed E-state index contributed by atoms with van der Waals surface area (Å²) in [5.74, 6) is 0.705. The lowest BCUT2D eigenvalue weighted by molar-refractivity contribution is 0.0590. The summed E-state index contributed by atoms with van der Waals surface area (Å²) in [6, 6.07) is 0.696. The minimum atomic E-state index is 0. The highest BCUT2D eigenvalue weighted by molar-refractivity contribution is 7.09. The van der Waals surface area contributed by atoms with Crippen molar-refractivity contribution < 1.29 is 4.79 Å². The Morgan fingerprint density at radius 1 is 1.27 bits per heavy atom. The van der Waals surface area contributed by atoms with Crippen LogP contribution in [0.3, 0.4) is 0 Å². The lowest BCUT2D eigenvalue weighted by atomic mass is 9.94. The van der Waals surface area contributed by atoms with Crippen molar-refractivity contribution in [3.63, 3.8) is 0 Å². The third-order valence-electron chi connectivity index (χ3n) is 5.37. The summed E-state index contributed by atoms with van der Waals surface area (Å²) in [5, 5.41) is 2.86. The zero-order valence-electron chi connectivity index (χ0n) is 15.6. The molecular formula is C18H32Cl2N4OS. The van der Waals surface area contributed by atoms with E-state index in [1.807, 2.05) is 10.3 Å². The van der Waals surface area contributed by atoms with Crippen LogP contribution in [0.1, 0.15) is 54.5 Å². The van der Waals surface area contributed by atoms with Gasteiger partial charge in [0.1, 0.15) is 5.69 Å². The molecule has 150 valence electrons. The number of hydrogen-bond acceptors (Lipinski definition) is 5. The van der Waals surface area contributed by atoms with Gasteiger partial charge >= 0.3 is 0 Å². The standard InChI is InChI=1S/C18H30N4OS.2ClH/c1-14-5-2-3-9-21(14)11-15-6-4-10-22(12-15)18(23)16-13-24-17(20-16)7-8-19;;/h13-15H,2-12,19H2,1H3;2*1H. The second-order valence-corrected chi connectivity index (χ2v) is 8.21. The highest BCUT2D eigenvalue weighted by Gasteiger charge is 2.28. The number of nitrogens with zero attached hydrogens (tertiary/aromatic N) is 3. The fraction of sp³-hybridized carbons (Fsp3) is 0.778. The molecule has 2 N–H and O–H groups in total. The molecule has 0 bridgehead atoms. The molecule has 2 atom stereocenters. The highest BCUT2D eigenvalue weighted by atomic mass is 35.5. The van der Waals surface area contributed by atoms with E-state index >= 15 is 0 Å². The van der Waals surface area contributed by atoms with Gasteiger partial charge in [-0.1, -0.05) is 6.42 Å². The van der Waals surface area contributed by atoms with Gasteiger partial charge < -0.3 is 15.5 Å². The Morgan fingerprint density at radius 3 is 2.81 bits per heavy atom. The fourth-order valence-electron chi connectivity index (χ4n) is 3.97. The van der Waals surface area contributed by atoms with E-state index < -0.39 is 0 Å². The van der Waals surface area contributed by atoms with Crippen LogP contribution in [-0.4, -0.2) is 59.5 Å². The van der Waals surface area contributed by atoms with Crippen molar-refractivity contribution in [3.05, 3.63) is 16.1 Å². The van der Waals surface area contributed by atoms with Crippen LogP contribution in [0.15, 0.2) is 5.38 Å². The Bertz CT molecular complexity index is 557. The molecule has 0 spiro atoms. The number of rotatable bonds is 5. The molecule has 2 unspecified atom stereocenters. The van der Waals surface area contributed by atoms with Gasteiger partial charge in [0, 0.05) is 37.5 Å². The topological polar surface area (TPSA) is 62.5 Å².